The van der Waals surface area contributed by atoms with Gasteiger partial charge < -0.3 is 14.4 Å². The van der Waals surface area contributed by atoms with Crippen LogP contribution in [0, 0.1) is 0 Å². The highest BCUT2D eigenvalue weighted by molar-refractivity contribution is 7.76. The van der Waals surface area contributed by atoms with E-state index in [9.17, 15) is 35.1 Å². The number of rotatable bonds is 2. The molecule has 0 aliphatic carbocycles. The van der Waals surface area contributed by atoms with Gasteiger partial charge in [0.1, 0.15) is 0 Å². The number of alkyl halides is 6. The molecule has 1 heterocycles. The average molecular weight is 328 g/mol. The molecule has 1 atom stereocenters. The lowest BCUT2D eigenvalue weighted by Gasteiger charge is -2.27. The van der Waals surface area contributed by atoms with Gasteiger partial charge in [-0.1, -0.05) is 0 Å². The van der Waals surface area contributed by atoms with Gasteiger partial charge in [-0.2, -0.15) is 26.3 Å². The first kappa shape index (κ1) is 19.0. The van der Waals surface area contributed by atoms with Crippen molar-refractivity contribution in [3.05, 3.63) is 12.4 Å². The number of halogens is 6. The van der Waals surface area contributed by atoms with Crippen LogP contribution in [0.5, 0.6) is 0 Å². The molecule has 120 valence electrons. The second-order valence-corrected chi connectivity index (χ2v) is 4.35. The van der Waals surface area contributed by atoms with E-state index in [4.69, 9.17) is 0 Å². The van der Waals surface area contributed by atoms with Gasteiger partial charge in [0.05, 0.1) is 6.67 Å². The van der Waals surface area contributed by atoms with Gasteiger partial charge in [-0.3, -0.25) is 4.21 Å². The maximum atomic E-state index is 11.3. The predicted octanol–water partition coefficient (Wildman–Crippen LogP) is 1.80. The minimum absolute atomic E-state index is 1.05. The summed E-state index contributed by atoms with van der Waals surface area (Å²) in [6.45, 7) is 4.32. The Morgan fingerprint density at radius 1 is 1.20 bits per heavy atom. The van der Waals surface area contributed by atoms with E-state index in [-0.39, 0.29) is 0 Å². The van der Waals surface area contributed by atoms with Crippen LogP contribution in [0.15, 0.2) is 12.4 Å². The normalized spacial score (nSPS) is 17.3. The minimum Gasteiger partial charge on any atom is -0.759 e. The highest BCUT2D eigenvalue weighted by Crippen LogP contribution is 2.34. The number of hydrogen-bond acceptors (Lipinski definition) is 4. The molecule has 1 unspecified atom stereocenters. The summed E-state index contributed by atoms with van der Waals surface area (Å²) in [5.74, 6) is 0. The summed E-state index contributed by atoms with van der Waals surface area (Å²) in [7, 11) is 2.08. The molecule has 1 rings (SSSR count). The van der Waals surface area contributed by atoms with Crippen molar-refractivity contribution in [2.45, 2.75) is 19.5 Å². The van der Waals surface area contributed by atoms with Crippen LogP contribution in [0.1, 0.15) is 6.92 Å². The van der Waals surface area contributed by atoms with E-state index < -0.39 is 28.2 Å². The first-order chi connectivity index (χ1) is 8.89. The van der Waals surface area contributed by atoms with Crippen molar-refractivity contribution >= 4 is 11.3 Å². The van der Waals surface area contributed by atoms with E-state index in [1.807, 2.05) is 0 Å². The molecule has 20 heavy (non-hydrogen) atoms. The highest BCUT2D eigenvalue weighted by atomic mass is 32.2. The van der Waals surface area contributed by atoms with E-state index in [1.165, 1.54) is 0 Å². The van der Waals surface area contributed by atoms with Crippen LogP contribution >= 0.6 is 0 Å². The third-order valence-electron chi connectivity index (χ3n) is 1.95. The summed E-state index contributed by atoms with van der Waals surface area (Å²) in [6.07, 6.45) is -7.76. The zero-order valence-electron chi connectivity index (χ0n) is 10.4. The Labute approximate surface area is 113 Å². The van der Waals surface area contributed by atoms with Crippen molar-refractivity contribution in [1.29, 1.82) is 0 Å². The van der Waals surface area contributed by atoms with E-state index in [0.717, 1.165) is 13.2 Å². The first-order valence-corrected chi connectivity index (χ1v) is 6.08. The number of hydrogen-bond donors (Lipinski definition) is 0. The molecule has 0 spiro atoms. The van der Waals surface area contributed by atoms with Gasteiger partial charge >= 0.3 is 12.6 Å². The van der Waals surface area contributed by atoms with E-state index in [1.54, 1.807) is 0 Å². The van der Waals surface area contributed by atoms with Crippen molar-refractivity contribution in [3.8, 4) is 0 Å². The maximum absolute atomic E-state index is 11.3. The molecule has 0 amide bonds. The Morgan fingerprint density at radius 3 is 1.75 bits per heavy atom. The Kier molecular flexibility index (Phi) is 6.77. The molecular formula is C8H12F6N3O2S-. The summed E-state index contributed by atoms with van der Waals surface area (Å²) in [5, 5.41) is 0. The zero-order valence-corrected chi connectivity index (χ0v) is 11.2. The molecule has 5 nitrogen and oxygen atoms in total. The van der Waals surface area contributed by atoms with Gasteiger partial charge in [-0.05, 0) is 11.2 Å². The molecule has 0 aromatic carbocycles. The third-order valence-corrected chi connectivity index (χ3v) is 2.66. The topological polar surface area (TPSA) is 49.9 Å². The lowest BCUT2D eigenvalue weighted by molar-refractivity contribution is -0.334. The lowest BCUT2D eigenvalue weighted by atomic mass is 10.6. The van der Waals surface area contributed by atoms with Crippen LogP contribution in [0.2, 0.25) is 0 Å². The second-order valence-electron chi connectivity index (χ2n) is 3.55. The first-order valence-electron chi connectivity index (χ1n) is 5.05. The summed E-state index contributed by atoms with van der Waals surface area (Å²) in [5.41, 5.74) is 0. The summed E-state index contributed by atoms with van der Waals surface area (Å²) in [6, 6.07) is 0. The van der Waals surface area contributed by atoms with E-state index in [2.05, 4.69) is 36.2 Å². The van der Waals surface area contributed by atoms with Gasteiger partial charge in [0.2, 0.25) is 0 Å². The van der Waals surface area contributed by atoms with Crippen LogP contribution < -0.4 is 0 Å². The van der Waals surface area contributed by atoms with E-state index >= 15 is 0 Å². The largest absolute Gasteiger partial charge is 0.759 e. The van der Waals surface area contributed by atoms with Crippen LogP contribution in [0.3, 0.4) is 0 Å². The quantitative estimate of drug-likeness (QED) is 0.441. The SMILES string of the molecule is CCN1C=CN(C)C1.O=S([O-])N(C(F)(F)F)C(F)(F)F. The maximum Gasteiger partial charge on any atom is 0.477 e. The van der Waals surface area contributed by atoms with Gasteiger partial charge in [-0.25, -0.2) is 0 Å². The molecule has 0 bridgehead atoms. The molecule has 0 radical (unpaired) electrons. The molecule has 0 fully saturated rings. The van der Waals surface area contributed by atoms with Crippen LogP contribution in [-0.2, 0) is 11.3 Å². The van der Waals surface area contributed by atoms with Crippen LogP contribution in [-0.4, -0.2) is 55.7 Å². The Bertz CT molecular complexity index is 345. The second kappa shape index (κ2) is 7.13. The zero-order chi connectivity index (χ0) is 16.1. The summed E-state index contributed by atoms with van der Waals surface area (Å²) in [4.78, 5) is 4.41. The van der Waals surface area contributed by atoms with Crippen molar-refractivity contribution in [1.82, 2.24) is 14.1 Å². The van der Waals surface area contributed by atoms with Crippen molar-refractivity contribution in [3.63, 3.8) is 0 Å². The van der Waals surface area contributed by atoms with Crippen LogP contribution in [0.4, 0.5) is 26.3 Å². The molecule has 1 aliphatic rings. The molecular weight excluding hydrogens is 316 g/mol. The van der Waals surface area contributed by atoms with Crippen molar-refractivity contribution in [2.75, 3.05) is 20.3 Å². The average Bonchev–Trinajstić information content (AvgIpc) is 2.59. The molecule has 0 saturated carbocycles. The Hall–Kier alpha value is -1.01. The smallest absolute Gasteiger partial charge is 0.477 e. The molecule has 1 aliphatic heterocycles. The van der Waals surface area contributed by atoms with Gasteiger partial charge in [-0.15, -0.1) is 0 Å². The molecule has 0 aromatic rings. The molecule has 0 saturated heterocycles. The monoisotopic (exact) mass is 328 g/mol. The molecule has 0 aromatic heterocycles. The lowest BCUT2D eigenvalue weighted by Crippen LogP contribution is -2.48. The van der Waals surface area contributed by atoms with Gasteiger partial charge in [0.15, 0.2) is 0 Å². The Balaban J connectivity index is 0.000000388. The highest BCUT2D eigenvalue weighted by Gasteiger charge is 2.55. The van der Waals surface area contributed by atoms with Crippen LogP contribution in [0.25, 0.3) is 0 Å². The van der Waals surface area contributed by atoms with Crippen molar-refractivity contribution in [2.24, 2.45) is 0 Å². The standard InChI is InChI=1S/C6H12N2.C2HF6NO2S/c1-3-8-5-4-7(2)6-8;3-1(4,5)9(12(10)11)2(6,7)8/h4-5H,3,6H2,1-2H3;(H,10,11)/p-1. The molecule has 0 N–H and O–H groups in total. The predicted molar refractivity (Wildman–Crippen MR) is 57.0 cm³/mol. The minimum atomic E-state index is -5.98. The summed E-state index contributed by atoms with van der Waals surface area (Å²) < 4.78 is 84.1. The third kappa shape index (κ3) is 6.43. The molecule has 12 heteroatoms. The van der Waals surface area contributed by atoms with Crippen molar-refractivity contribution < 1.29 is 35.1 Å². The fourth-order valence-electron chi connectivity index (χ4n) is 1.11. The van der Waals surface area contributed by atoms with Gasteiger partial charge in [0, 0.05) is 37.3 Å². The number of nitrogens with zero attached hydrogens (tertiary/aromatic N) is 3. The fourth-order valence-corrected chi connectivity index (χ4v) is 1.45. The van der Waals surface area contributed by atoms with Gasteiger partial charge in [0.25, 0.3) is 0 Å². The Morgan fingerprint density at radius 2 is 1.65 bits per heavy atom. The van der Waals surface area contributed by atoms with E-state index in [0.29, 0.717) is 0 Å². The fraction of sp³-hybridized carbons (Fsp3) is 0.750. The summed E-state index contributed by atoms with van der Waals surface area (Å²) >= 11 is -4.41.